The summed E-state index contributed by atoms with van der Waals surface area (Å²) >= 11 is 0. The van der Waals surface area contributed by atoms with Gasteiger partial charge in [0, 0.05) is 19.5 Å². The van der Waals surface area contributed by atoms with Gasteiger partial charge in [-0.15, -0.1) is 0 Å². The minimum atomic E-state index is -3.65. The second-order valence-electron chi connectivity index (χ2n) is 9.03. The van der Waals surface area contributed by atoms with Crippen LogP contribution in [-0.2, 0) is 19.6 Å². The second kappa shape index (κ2) is 8.85. The molecular formula is C22H32N2O5S. The van der Waals surface area contributed by atoms with E-state index in [1.54, 1.807) is 12.1 Å². The van der Waals surface area contributed by atoms with Crippen molar-refractivity contribution in [2.75, 3.05) is 31.6 Å². The van der Waals surface area contributed by atoms with Crippen LogP contribution < -0.4 is 10.1 Å². The van der Waals surface area contributed by atoms with E-state index in [4.69, 9.17) is 9.47 Å². The van der Waals surface area contributed by atoms with Crippen LogP contribution in [0.5, 0.6) is 5.75 Å². The number of rotatable bonds is 7. The fourth-order valence-corrected chi connectivity index (χ4v) is 6.56. The number of amides is 1. The van der Waals surface area contributed by atoms with Crippen LogP contribution in [0.1, 0.15) is 46.0 Å². The molecule has 3 fully saturated rings. The van der Waals surface area contributed by atoms with E-state index in [1.165, 1.54) is 29.6 Å². The molecule has 4 rings (SSSR count). The fourth-order valence-electron chi connectivity index (χ4n) is 5.13. The highest BCUT2D eigenvalue weighted by atomic mass is 32.2. The number of hydrogen-bond donors (Lipinski definition) is 1. The van der Waals surface area contributed by atoms with Crippen molar-refractivity contribution in [2.24, 2.45) is 17.8 Å². The Morgan fingerprint density at radius 1 is 1.23 bits per heavy atom. The quantitative estimate of drug-likeness (QED) is 0.709. The predicted octanol–water partition coefficient (Wildman–Crippen LogP) is 3.26. The number of carbonyl (C=O) groups excluding carboxylic acids is 1. The monoisotopic (exact) mass is 436 g/mol. The first-order valence-electron chi connectivity index (χ1n) is 11.0. The van der Waals surface area contributed by atoms with Crippen molar-refractivity contribution in [3.63, 3.8) is 0 Å². The molecule has 0 radical (unpaired) electrons. The molecule has 1 aliphatic heterocycles. The molecule has 2 bridgehead atoms. The molecule has 1 aromatic carbocycles. The third kappa shape index (κ3) is 4.65. The van der Waals surface area contributed by atoms with Crippen molar-refractivity contribution in [3.8, 4) is 5.75 Å². The lowest BCUT2D eigenvalue weighted by Crippen LogP contribution is -2.40. The van der Waals surface area contributed by atoms with Gasteiger partial charge in [-0.3, -0.25) is 4.79 Å². The summed E-state index contributed by atoms with van der Waals surface area (Å²) in [6.45, 7) is 5.25. The highest BCUT2D eigenvalue weighted by Gasteiger charge is 2.40. The van der Waals surface area contributed by atoms with Crippen LogP contribution in [0.15, 0.2) is 23.1 Å². The van der Waals surface area contributed by atoms with Crippen LogP contribution in [0, 0.1) is 17.8 Å². The van der Waals surface area contributed by atoms with E-state index < -0.39 is 10.0 Å². The van der Waals surface area contributed by atoms with E-state index in [-0.39, 0.29) is 16.9 Å². The first-order valence-corrected chi connectivity index (χ1v) is 12.5. The van der Waals surface area contributed by atoms with E-state index in [2.05, 4.69) is 5.32 Å². The first kappa shape index (κ1) is 21.6. The lowest BCUT2D eigenvalue weighted by atomic mass is 9.86. The largest absolute Gasteiger partial charge is 0.489 e. The van der Waals surface area contributed by atoms with Gasteiger partial charge in [-0.1, -0.05) is 6.42 Å². The molecule has 0 unspecified atom stereocenters. The Balaban J connectivity index is 1.53. The summed E-state index contributed by atoms with van der Waals surface area (Å²) < 4.78 is 38.6. The van der Waals surface area contributed by atoms with E-state index in [0.717, 1.165) is 12.3 Å². The highest BCUT2D eigenvalue weighted by Crippen LogP contribution is 2.49. The Kier molecular flexibility index (Phi) is 6.36. The zero-order valence-corrected chi connectivity index (χ0v) is 18.6. The summed E-state index contributed by atoms with van der Waals surface area (Å²) in [5, 5.41) is 2.95. The molecule has 30 heavy (non-hydrogen) atoms. The van der Waals surface area contributed by atoms with Crippen molar-refractivity contribution < 1.29 is 22.7 Å². The molecule has 8 heteroatoms. The van der Waals surface area contributed by atoms with Crippen molar-refractivity contribution in [1.29, 1.82) is 0 Å². The number of anilines is 1. The van der Waals surface area contributed by atoms with Crippen LogP contribution in [0.2, 0.25) is 0 Å². The molecule has 1 saturated heterocycles. The normalized spacial score (nSPS) is 26.8. The first-order chi connectivity index (χ1) is 14.3. The molecule has 2 saturated carbocycles. The van der Waals surface area contributed by atoms with Crippen molar-refractivity contribution in [2.45, 2.75) is 57.0 Å². The van der Waals surface area contributed by atoms with E-state index in [1.807, 2.05) is 13.8 Å². The lowest BCUT2D eigenvalue weighted by molar-refractivity contribution is -0.117. The van der Waals surface area contributed by atoms with Gasteiger partial charge in [0.25, 0.3) is 0 Å². The molecular weight excluding hydrogens is 404 g/mol. The number of sulfonamides is 1. The van der Waals surface area contributed by atoms with E-state index in [0.29, 0.717) is 56.0 Å². The fraction of sp³-hybridized carbons (Fsp3) is 0.682. The summed E-state index contributed by atoms with van der Waals surface area (Å²) in [5.74, 6) is 2.32. The van der Waals surface area contributed by atoms with Crippen LogP contribution in [0.4, 0.5) is 5.69 Å². The van der Waals surface area contributed by atoms with Gasteiger partial charge in [0.2, 0.25) is 15.9 Å². The van der Waals surface area contributed by atoms with Gasteiger partial charge in [-0.25, -0.2) is 8.42 Å². The number of nitrogens with one attached hydrogen (secondary N) is 1. The number of nitrogens with zero attached hydrogens (tertiary/aromatic N) is 1. The van der Waals surface area contributed by atoms with Crippen LogP contribution in [0.25, 0.3) is 0 Å². The smallest absolute Gasteiger partial charge is 0.243 e. The standard InChI is InChI=1S/C22H32N2O5S/c1-15(2)29-21-6-5-19(30(26,27)24-7-9-28-10-8-24)14-20(21)23-22(25)13-18-12-16-3-4-17(18)11-16/h5-6,14-18H,3-4,7-13H2,1-2H3,(H,23,25)/t16-,17-,18+/m0/s1. The Bertz CT molecular complexity index is 880. The zero-order chi connectivity index (χ0) is 21.3. The van der Waals surface area contributed by atoms with Gasteiger partial charge < -0.3 is 14.8 Å². The SMILES string of the molecule is CC(C)Oc1ccc(S(=O)(=O)N2CCOCC2)cc1NC(=O)C[C@H]1C[C@H]2CC[C@H]1C2. The molecule has 3 aliphatic rings. The molecule has 0 spiro atoms. The minimum absolute atomic E-state index is 0.0675. The summed E-state index contributed by atoms with van der Waals surface area (Å²) in [4.78, 5) is 13.0. The molecule has 1 aromatic rings. The number of benzene rings is 1. The molecule has 2 aliphatic carbocycles. The molecule has 1 amide bonds. The van der Waals surface area contributed by atoms with Crippen molar-refractivity contribution >= 4 is 21.6 Å². The second-order valence-corrected chi connectivity index (χ2v) is 11.0. The summed E-state index contributed by atoms with van der Waals surface area (Å²) in [6, 6.07) is 4.72. The number of hydrogen-bond acceptors (Lipinski definition) is 5. The van der Waals surface area contributed by atoms with E-state index >= 15 is 0 Å². The molecule has 166 valence electrons. The van der Waals surface area contributed by atoms with Gasteiger partial charge in [0.15, 0.2) is 0 Å². The highest BCUT2D eigenvalue weighted by molar-refractivity contribution is 7.89. The average molecular weight is 437 g/mol. The molecule has 3 atom stereocenters. The Morgan fingerprint density at radius 2 is 2.00 bits per heavy atom. The van der Waals surface area contributed by atoms with E-state index in [9.17, 15) is 13.2 Å². The zero-order valence-electron chi connectivity index (χ0n) is 17.8. The maximum Gasteiger partial charge on any atom is 0.243 e. The summed E-state index contributed by atoms with van der Waals surface area (Å²) in [6.07, 6.45) is 5.33. The van der Waals surface area contributed by atoms with Crippen LogP contribution in [-0.4, -0.2) is 51.0 Å². The lowest BCUT2D eigenvalue weighted by Gasteiger charge is -2.26. The minimum Gasteiger partial charge on any atom is -0.489 e. The number of fused-ring (bicyclic) bond motifs is 2. The maximum atomic E-state index is 13.0. The molecule has 0 aromatic heterocycles. The number of morpholine rings is 1. The predicted molar refractivity (Wildman–Crippen MR) is 114 cm³/mol. The Morgan fingerprint density at radius 3 is 2.63 bits per heavy atom. The maximum absolute atomic E-state index is 13.0. The van der Waals surface area contributed by atoms with Gasteiger partial charge in [-0.05, 0) is 69.1 Å². The molecule has 1 N–H and O–H groups in total. The Labute approximate surface area is 179 Å². The van der Waals surface area contributed by atoms with Gasteiger partial charge >= 0.3 is 0 Å². The van der Waals surface area contributed by atoms with Crippen LogP contribution >= 0.6 is 0 Å². The van der Waals surface area contributed by atoms with Gasteiger partial charge in [0.1, 0.15) is 5.75 Å². The van der Waals surface area contributed by atoms with Gasteiger partial charge in [-0.2, -0.15) is 4.31 Å². The third-order valence-electron chi connectivity index (χ3n) is 6.53. The summed E-state index contributed by atoms with van der Waals surface area (Å²) in [7, 11) is -3.65. The third-order valence-corrected chi connectivity index (χ3v) is 8.42. The topological polar surface area (TPSA) is 84.9 Å². The average Bonchev–Trinajstić information content (AvgIpc) is 3.32. The molecule has 7 nitrogen and oxygen atoms in total. The molecule has 1 heterocycles. The van der Waals surface area contributed by atoms with Crippen molar-refractivity contribution in [3.05, 3.63) is 18.2 Å². The number of carbonyl (C=O) groups is 1. The van der Waals surface area contributed by atoms with Crippen molar-refractivity contribution in [1.82, 2.24) is 4.31 Å². The number of ether oxygens (including phenoxy) is 2. The Hall–Kier alpha value is -1.64. The van der Waals surface area contributed by atoms with Gasteiger partial charge in [0.05, 0.1) is 29.9 Å². The van der Waals surface area contributed by atoms with Crippen LogP contribution in [0.3, 0.4) is 0 Å². The summed E-state index contributed by atoms with van der Waals surface area (Å²) in [5.41, 5.74) is 0.422.